The lowest BCUT2D eigenvalue weighted by Crippen LogP contribution is -2.39. The molecule has 1 N–H and O–H groups in total. The third-order valence-corrected chi connectivity index (χ3v) is 5.98. The molecule has 1 aliphatic rings. The molecule has 1 aromatic heterocycles. The molecule has 23 heavy (non-hydrogen) atoms. The van der Waals surface area contributed by atoms with Crippen LogP contribution in [-0.4, -0.2) is 23.7 Å². The molecule has 1 fully saturated rings. The second kappa shape index (κ2) is 6.09. The van der Waals surface area contributed by atoms with Crippen LogP contribution >= 0.6 is 0 Å². The van der Waals surface area contributed by atoms with Crippen LogP contribution in [0.25, 0.3) is 0 Å². The summed E-state index contributed by atoms with van der Waals surface area (Å²) in [4.78, 5) is 0. The van der Waals surface area contributed by atoms with Crippen molar-refractivity contribution in [1.29, 1.82) is 0 Å². The summed E-state index contributed by atoms with van der Waals surface area (Å²) >= 11 is 0. The van der Waals surface area contributed by atoms with E-state index < -0.39 is 10.0 Å². The number of aromatic nitrogens is 2. The molecule has 1 heterocycles. The molecule has 0 amide bonds. The Labute approximate surface area is 137 Å². The van der Waals surface area contributed by atoms with Crippen molar-refractivity contribution in [2.75, 3.05) is 0 Å². The van der Waals surface area contributed by atoms with E-state index in [9.17, 15) is 8.42 Å². The van der Waals surface area contributed by atoms with Gasteiger partial charge in [-0.05, 0) is 49.8 Å². The molecule has 0 radical (unpaired) electrons. The van der Waals surface area contributed by atoms with Gasteiger partial charge in [-0.25, -0.2) is 13.1 Å². The van der Waals surface area contributed by atoms with Gasteiger partial charge in [0, 0.05) is 12.1 Å². The van der Waals surface area contributed by atoms with E-state index in [2.05, 4.69) is 28.9 Å². The van der Waals surface area contributed by atoms with Crippen LogP contribution in [0.3, 0.4) is 0 Å². The van der Waals surface area contributed by atoms with Crippen LogP contribution < -0.4 is 4.72 Å². The van der Waals surface area contributed by atoms with E-state index >= 15 is 0 Å². The first-order valence-corrected chi connectivity index (χ1v) is 9.54. The molecule has 2 aromatic rings. The third kappa shape index (κ3) is 3.48. The highest BCUT2D eigenvalue weighted by Gasteiger charge is 2.46. The molecule has 6 heteroatoms. The maximum absolute atomic E-state index is 12.7. The smallest absolute Gasteiger partial charge is 0.253 e. The highest BCUT2D eigenvalue weighted by atomic mass is 32.2. The lowest BCUT2D eigenvalue weighted by molar-refractivity contribution is 0.505. The van der Waals surface area contributed by atoms with Crippen molar-refractivity contribution >= 4 is 10.0 Å². The van der Waals surface area contributed by atoms with Gasteiger partial charge in [0.1, 0.15) is 0 Å². The van der Waals surface area contributed by atoms with Crippen LogP contribution in [0.15, 0.2) is 41.6 Å². The fourth-order valence-corrected chi connectivity index (χ4v) is 4.51. The van der Waals surface area contributed by atoms with E-state index in [4.69, 9.17) is 0 Å². The minimum Gasteiger partial charge on any atom is -0.253 e. The standard InChI is InChI=1S/C17H23N3O2S/c1-3-12-20-16(8-11-18-20)23(21,22)19-17(9-10-17)13-15-7-5-4-6-14(15)2/h4-8,11,19H,3,9-10,12-13H2,1-2H3. The van der Waals surface area contributed by atoms with Crippen LogP contribution in [-0.2, 0) is 23.0 Å². The van der Waals surface area contributed by atoms with Gasteiger partial charge in [-0.15, -0.1) is 0 Å². The Bertz CT molecular complexity index is 792. The fourth-order valence-electron chi connectivity index (χ4n) is 2.90. The average molecular weight is 333 g/mol. The number of hydrogen-bond acceptors (Lipinski definition) is 3. The largest absolute Gasteiger partial charge is 0.258 e. The highest BCUT2D eigenvalue weighted by molar-refractivity contribution is 7.89. The summed E-state index contributed by atoms with van der Waals surface area (Å²) < 4.78 is 30.0. The molecule has 0 unspecified atom stereocenters. The van der Waals surface area contributed by atoms with Gasteiger partial charge in [-0.1, -0.05) is 31.2 Å². The molecule has 3 rings (SSSR count). The number of sulfonamides is 1. The molecule has 0 aliphatic heterocycles. The molecule has 1 saturated carbocycles. The first-order chi connectivity index (χ1) is 11.0. The Morgan fingerprint density at radius 2 is 2.00 bits per heavy atom. The lowest BCUT2D eigenvalue weighted by Gasteiger charge is -2.19. The van der Waals surface area contributed by atoms with Crippen LogP contribution in [0.4, 0.5) is 0 Å². The van der Waals surface area contributed by atoms with Crippen molar-refractivity contribution in [3.05, 3.63) is 47.7 Å². The quantitative estimate of drug-likeness (QED) is 0.847. The minimum atomic E-state index is -3.55. The van der Waals surface area contributed by atoms with Crippen molar-refractivity contribution < 1.29 is 8.42 Å². The fraction of sp³-hybridized carbons (Fsp3) is 0.471. The summed E-state index contributed by atoms with van der Waals surface area (Å²) in [6.45, 7) is 4.68. The first-order valence-electron chi connectivity index (χ1n) is 8.06. The Balaban J connectivity index is 1.80. The number of nitrogens with zero attached hydrogens (tertiary/aromatic N) is 2. The summed E-state index contributed by atoms with van der Waals surface area (Å²) in [6, 6.07) is 9.72. The average Bonchev–Trinajstić information content (AvgIpc) is 3.06. The Hall–Kier alpha value is -1.66. The number of benzene rings is 1. The van der Waals surface area contributed by atoms with E-state index in [1.165, 1.54) is 11.1 Å². The van der Waals surface area contributed by atoms with Gasteiger partial charge in [-0.2, -0.15) is 5.10 Å². The molecule has 1 aromatic carbocycles. The molecular weight excluding hydrogens is 310 g/mol. The highest BCUT2D eigenvalue weighted by Crippen LogP contribution is 2.40. The number of aryl methyl sites for hydroxylation is 2. The molecule has 1 aliphatic carbocycles. The summed E-state index contributed by atoms with van der Waals surface area (Å²) in [5, 5.41) is 4.38. The van der Waals surface area contributed by atoms with E-state index in [0.717, 1.165) is 25.7 Å². The van der Waals surface area contributed by atoms with Gasteiger partial charge in [0.05, 0.1) is 6.20 Å². The first kappa shape index (κ1) is 16.2. The number of rotatable bonds is 7. The Morgan fingerprint density at radius 1 is 1.26 bits per heavy atom. The van der Waals surface area contributed by atoms with Crippen LogP contribution in [0.5, 0.6) is 0 Å². The van der Waals surface area contributed by atoms with Gasteiger partial charge < -0.3 is 0 Å². The van der Waals surface area contributed by atoms with Crippen molar-refractivity contribution in [3.63, 3.8) is 0 Å². The number of hydrogen-bond donors (Lipinski definition) is 1. The zero-order valence-corrected chi connectivity index (χ0v) is 14.4. The van der Waals surface area contributed by atoms with Gasteiger partial charge in [0.2, 0.25) is 0 Å². The number of nitrogens with one attached hydrogen (secondary N) is 1. The van der Waals surface area contributed by atoms with Gasteiger partial charge >= 0.3 is 0 Å². The summed E-state index contributed by atoms with van der Waals surface area (Å²) in [5.74, 6) is 0. The van der Waals surface area contributed by atoms with Crippen LogP contribution in [0.2, 0.25) is 0 Å². The molecule has 0 bridgehead atoms. The molecule has 5 nitrogen and oxygen atoms in total. The Kier molecular flexibility index (Phi) is 4.29. The summed E-state index contributed by atoms with van der Waals surface area (Å²) in [7, 11) is -3.55. The normalized spacial score (nSPS) is 16.4. The summed E-state index contributed by atoms with van der Waals surface area (Å²) in [6.07, 6.45) is 4.88. The van der Waals surface area contributed by atoms with E-state index in [-0.39, 0.29) is 10.6 Å². The topological polar surface area (TPSA) is 64.0 Å². The second-order valence-corrected chi connectivity index (χ2v) is 8.01. The van der Waals surface area contributed by atoms with Crippen molar-refractivity contribution in [2.45, 2.75) is 56.6 Å². The van der Waals surface area contributed by atoms with Crippen molar-refractivity contribution in [3.8, 4) is 0 Å². The zero-order valence-electron chi connectivity index (χ0n) is 13.6. The van der Waals surface area contributed by atoms with E-state index in [1.807, 2.05) is 19.1 Å². The van der Waals surface area contributed by atoms with E-state index in [1.54, 1.807) is 16.9 Å². The monoisotopic (exact) mass is 333 g/mol. The molecule has 124 valence electrons. The van der Waals surface area contributed by atoms with Crippen molar-refractivity contribution in [2.24, 2.45) is 0 Å². The third-order valence-electron chi connectivity index (χ3n) is 4.38. The van der Waals surface area contributed by atoms with Gasteiger partial charge in [-0.3, -0.25) is 4.68 Å². The second-order valence-electron chi connectivity index (χ2n) is 6.38. The maximum atomic E-state index is 12.7. The zero-order chi connectivity index (χ0) is 16.5. The SMILES string of the molecule is CCCn1nccc1S(=O)(=O)NC1(Cc2ccccc2C)CC1. The molecule has 0 spiro atoms. The van der Waals surface area contributed by atoms with E-state index in [0.29, 0.717) is 6.54 Å². The molecule has 0 atom stereocenters. The van der Waals surface area contributed by atoms with Crippen LogP contribution in [0.1, 0.15) is 37.3 Å². The minimum absolute atomic E-state index is 0.260. The van der Waals surface area contributed by atoms with Crippen molar-refractivity contribution in [1.82, 2.24) is 14.5 Å². The van der Waals surface area contributed by atoms with Gasteiger partial charge in [0.15, 0.2) is 5.03 Å². The van der Waals surface area contributed by atoms with Gasteiger partial charge in [0.25, 0.3) is 10.0 Å². The predicted octanol–water partition coefficient (Wildman–Crippen LogP) is 2.66. The van der Waals surface area contributed by atoms with Crippen LogP contribution in [0, 0.1) is 6.92 Å². The molecule has 0 saturated heterocycles. The maximum Gasteiger partial charge on any atom is 0.258 e. The Morgan fingerprint density at radius 3 is 2.65 bits per heavy atom. The molecular formula is C17H23N3O2S. The lowest BCUT2D eigenvalue weighted by atomic mass is 10.0. The predicted molar refractivity (Wildman–Crippen MR) is 89.7 cm³/mol. The summed E-state index contributed by atoms with van der Waals surface area (Å²) in [5.41, 5.74) is 2.07.